The quantitative estimate of drug-likeness (QED) is 0.374. The van der Waals surface area contributed by atoms with Crippen molar-refractivity contribution in [2.24, 2.45) is 0 Å². The summed E-state index contributed by atoms with van der Waals surface area (Å²) in [7, 11) is 1.66. The zero-order valence-electron chi connectivity index (χ0n) is 22.0. The fourth-order valence-corrected chi connectivity index (χ4v) is 4.34. The van der Waals surface area contributed by atoms with Crippen molar-refractivity contribution in [3.8, 4) is 11.5 Å². The molecule has 0 aromatic heterocycles. The van der Waals surface area contributed by atoms with Crippen molar-refractivity contribution in [2.75, 3.05) is 66.9 Å². The number of carbonyl (C=O) groups is 2. The van der Waals surface area contributed by atoms with Gasteiger partial charge in [-0.25, -0.2) is 9.59 Å². The molecule has 38 heavy (non-hydrogen) atoms. The number of esters is 1. The van der Waals surface area contributed by atoms with Gasteiger partial charge in [-0.15, -0.1) is 0 Å². The minimum atomic E-state index is -0.432. The topological polar surface area (TPSA) is 92.4 Å². The molecule has 0 atom stereocenters. The summed E-state index contributed by atoms with van der Waals surface area (Å²) in [4.78, 5) is 29.8. The third-order valence-corrected chi connectivity index (χ3v) is 6.24. The molecule has 0 spiro atoms. The van der Waals surface area contributed by atoms with E-state index in [9.17, 15) is 9.59 Å². The van der Waals surface area contributed by atoms with Crippen LogP contribution in [0.1, 0.15) is 24.2 Å². The van der Waals surface area contributed by atoms with E-state index < -0.39 is 12.0 Å². The normalized spacial score (nSPS) is 13.0. The number of benzene rings is 3. The van der Waals surface area contributed by atoms with Gasteiger partial charge in [0.15, 0.2) is 0 Å². The number of hydrogen-bond donors (Lipinski definition) is 2. The minimum absolute atomic E-state index is 0.273. The highest BCUT2D eigenvalue weighted by molar-refractivity contribution is 6.03. The summed E-state index contributed by atoms with van der Waals surface area (Å²) >= 11 is 0. The number of anilines is 4. The molecule has 9 nitrogen and oxygen atoms in total. The molecule has 0 aliphatic carbocycles. The predicted molar refractivity (Wildman–Crippen MR) is 150 cm³/mol. The van der Waals surface area contributed by atoms with Crippen LogP contribution in [0.5, 0.6) is 11.5 Å². The second-order valence-corrected chi connectivity index (χ2v) is 8.66. The monoisotopic (exact) mass is 518 g/mol. The third kappa shape index (κ3) is 6.67. The van der Waals surface area contributed by atoms with Crippen molar-refractivity contribution in [1.29, 1.82) is 0 Å². The van der Waals surface area contributed by atoms with Crippen LogP contribution in [0.25, 0.3) is 0 Å². The predicted octanol–water partition coefficient (Wildman–Crippen LogP) is 5.24. The molecule has 0 radical (unpaired) electrons. The Hall–Kier alpha value is -4.40. The molecule has 3 aromatic carbocycles. The molecule has 0 unspecified atom stereocenters. The maximum absolute atomic E-state index is 12.9. The number of urea groups is 1. The Bertz CT molecular complexity index is 1220. The molecular weight excluding hydrogens is 484 g/mol. The van der Waals surface area contributed by atoms with Gasteiger partial charge >= 0.3 is 12.0 Å². The number of hydrogen-bond acceptors (Lipinski definition) is 7. The van der Waals surface area contributed by atoms with E-state index in [1.54, 1.807) is 50.4 Å². The average molecular weight is 519 g/mol. The summed E-state index contributed by atoms with van der Waals surface area (Å²) in [5.74, 6) is 1.13. The number of ether oxygens (including phenoxy) is 3. The molecule has 0 bridgehead atoms. The van der Waals surface area contributed by atoms with Crippen molar-refractivity contribution in [3.05, 3.63) is 72.3 Å². The highest BCUT2D eigenvalue weighted by atomic mass is 16.5. The van der Waals surface area contributed by atoms with Crippen LogP contribution in [0.4, 0.5) is 27.5 Å². The Morgan fingerprint density at radius 2 is 1.45 bits per heavy atom. The fourth-order valence-electron chi connectivity index (χ4n) is 4.34. The van der Waals surface area contributed by atoms with Crippen LogP contribution in [-0.4, -0.2) is 58.5 Å². The molecule has 3 aromatic rings. The zero-order chi connectivity index (χ0) is 26.9. The van der Waals surface area contributed by atoms with Gasteiger partial charge in [0.25, 0.3) is 0 Å². The first-order valence-corrected chi connectivity index (χ1v) is 12.8. The first-order chi connectivity index (χ1) is 18.5. The first-order valence-electron chi connectivity index (χ1n) is 12.8. The van der Waals surface area contributed by atoms with Crippen LogP contribution in [0.2, 0.25) is 0 Å². The van der Waals surface area contributed by atoms with E-state index in [0.717, 1.165) is 49.1 Å². The Morgan fingerprint density at radius 3 is 2.08 bits per heavy atom. The van der Waals surface area contributed by atoms with E-state index in [1.165, 1.54) is 0 Å². The number of amides is 2. The highest BCUT2D eigenvalue weighted by Gasteiger charge is 2.22. The van der Waals surface area contributed by atoms with Gasteiger partial charge < -0.3 is 34.6 Å². The van der Waals surface area contributed by atoms with Gasteiger partial charge in [-0.2, -0.15) is 0 Å². The molecule has 2 N–H and O–H groups in total. The largest absolute Gasteiger partial charge is 0.497 e. The van der Waals surface area contributed by atoms with Gasteiger partial charge in [-0.05, 0) is 80.6 Å². The van der Waals surface area contributed by atoms with E-state index in [1.807, 2.05) is 25.1 Å². The number of nitrogens with zero attached hydrogens (tertiary/aromatic N) is 2. The molecule has 2 amide bonds. The van der Waals surface area contributed by atoms with E-state index >= 15 is 0 Å². The Labute approximate surface area is 223 Å². The second kappa shape index (κ2) is 12.7. The summed E-state index contributed by atoms with van der Waals surface area (Å²) in [6, 6.07) is 20.0. The standard InChI is InChI=1S/C29H34N4O5/c1-4-37-25-11-7-22(8-12-25)30-29(35)31-26-20-21(28(34)38-5-2)6-15-27(26)33-18-16-32(17-19-33)23-9-13-24(36-3)14-10-23/h6-15,20H,4-5,16-19H2,1-3H3,(H2,30,31,35). The Balaban J connectivity index is 1.48. The van der Waals surface area contributed by atoms with E-state index in [4.69, 9.17) is 14.2 Å². The highest BCUT2D eigenvalue weighted by Crippen LogP contribution is 2.30. The summed E-state index contributed by atoms with van der Waals surface area (Å²) < 4.78 is 15.9. The number of piperazine rings is 1. The summed E-state index contributed by atoms with van der Waals surface area (Å²) in [5, 5.41) is 5.77. The van der Waals surface area contributed by atoms with Crippen LogP contribution >= 0.6 is 0 Å². The lowest BCUT2D eigenvalue weighted by molar-refractivity contribution is 0.0526. The summed E-state index contributed by atoms with van der Waals surface area (Å²) in [6.45, 7) is 7.64. The maximum Gasteiger partial charge on any atom is 0.338 e. The number of rotatable bonds is 9. The lowest BCUT2D eigenvalue weighted by Crippen LogP contribution is -2.46. The van der Waals surface area contributed by atoms with Gasteiger partial charge in [0.2, 0.25) is 0 Å². The molecule has 1 heterocycles. The number of carbonyl (C=O) groups excluding carboxylic acids is 2. The fraction of sp³-hybridized carbons (Fsp3) is 0.310. The lowest BCUT2D eigenvalue weighted by Gasteiger charge is -2.38. The molecule has 1 saturated heterocycles. The lowest BCUT2D eigenvalue weighted by atomic mass is 10.1. The van der Waals surface area contributed by atoms with Crippen molar-refractivity contribution in [3.63, 3.8) is 0 Å². The third-order valence-electron chi connectivity index (χ3n) is 6.24. The molecule has 9 heteroatoms. The van der Waals surface area contributed by atoms with E-state index in [0.29, 0.717) is 23.5 Å². The van der Waals surface area contributed by atoms with Gasteiger partial charge in [-0.1, -0.05) is 0 Å². The van der Waals surface area contributed by atoms with Crippen molar-refractivity contribution in [1.82, 2.24) is 0 Å². The molecule has 4 rings (SSSR count). The van der Waals surface area contributed by atoms with Crippen LogP contribution in [0, 0.1) is 0 Å². The van der Waals surface area contributed by atoms with Crippen molar-refractivity contribution < 1.29 is 23.8 Å². The van der Waals surface area contributed by atoms with Gasteiger partial charge in [0.05, 0.1) is 37.3 Å². The van der Waals surface area contributed by atoms with E-state index in [-0.39, 0.29) is 6.61 Å². The second-order valence-electron chi connectivity index (χ2n) is 8.66. The molecular formula is C29H34N4O5. The number of nitrogens with one attached hydrogen (secondary N) is 2. The summed E-state index contributed by atoms with van der Waals surface area (Å²) in [5.41, 5.74) is 3.52. The van der Waals surface area contributed by atoms with Crippen LogP contribution in [-0.2, 0) is 4.74 Å². The van der Waals surface area contributed by atoms with Crippen molar-refractivity contribution >= 4 is 34.7 Å². The Morgan fingerprint density at radius 1 is 0.789 bits per heavy atom. The SMILES string of the molecule is CCOC(=O)c1ccc(N2CCN(c3ccc(OC)cc3)CC2)c(NC(=O)Nc2ccc(OCC)cc2)c1. The molecule has 0 saturated carbocycles. The number of methoxy groups -OCH3 is 1. The minimum Gasteiger partial charge on any atom is -0.497 e. The van der Waals surface area contributed by atoms with Gasteiger partial charge in [0, 0.05) is 37.6 Å². The van der Waals surface area contributed by atoms with Crippen LogP contribution in [0.15, 0.2) is 66.7 Å². The molecule has 200 valence electrons. The molecule has 1 aliphatic heterocycles. The van der Waals surface area contributed by atoms with Crippen LogP contribution in [0.3, 0.4) is 0 Å². The van der Waals surface area contributed by atoms with Crippen LogP contribution < -0.4 is 29.9 Å². The van der Waals surface area contributed by atoms with Gasteiger partial charge in [0.1, 0.15) is 11.5 Å². The Kier molecular flexibility index (Phi) is 8.92. The molecule has 1 aliphatic rings. The maximum atomic E-state index is 12.9. The average Bonchev–Trinajstić information content (AvgIpc) is 2.94. The van der Waals surface area contributed by atoms with Gasteiger partial charge in [-0.3, -0.25) is 0 Å². The zero-order valence-corrected chi connectivity index (χ0v) is 22.0. The van der Waals surface area contributed by atoms with E-state index in [2.05, 4.69) is 32.6 Å². The van der Waals surface area contributed by atoms with Crippen molar-refractivity contribution in [2.45, 2.75) is 13.8 Å². The summed E-state index contributed by atoms with van der Waals surface area (Å²) in [6.07, 6.45) is 0. The smallest absolute Gasteiger partial charge is 0.338 e. The first kappa shape index (κ1) is 26.7. The molecule has 1 fully saturated rings.